The normalized spacial score (nSPS) is 21.4. The molecular weight excluding hydrogens is 246 g/mol. The zero-order valence-corrected chi connectivity index (χ0v) is 11.3. The zero-order valence-electron chi connectivity index (χ0n) is 10.5. The van der Waals surface area contributed by atoms with E-state index in [1.54, 1.807) is 0 Å². The highest BCUT2D eigenvalue weighted by molar-refractivity contribution is 7.85. The van der Waals surface area contributed by atoms with E-state index < -0.39 is 10.8 Å². The van der Waals surface area contributed by atoms with E-state index in [2.05, 4.69) is 22.3 Å². The Morgan fingerprint density at radius 1 is 1.17 bits per heavy atom. The highest BCUT2D eigenvalue weighted by Gasteiger charge is 2.18. The molecule has 5 heteroatoms. The lowest BCUT2D eigenvalue weighted by Crippen LogP contribution is -2.38. The maximum atomic E-state index is 11.4. The molecule has 1 N–H and O–H groups in total. The molecule has 2 aliphatic heterocycles. The average Bonchev–Trinajstić information content (AvgIpc) is 2.64. The summed E-state index contributed by atoms with van der Waals surface area (Å²) < 4.78 is 11.4. The number of fused-ring (bicyclic) bond motifs is 1. The van der Waals surface area contributed by atoms with E-state index in [1.165, 1.54) is 11.3 Å². The highest BCUT2D eigenvalue weighted by atomic mass is 32.2. The number of hydrogen-bond donors (Lipinski definition) is 1. The summed E-state index contributed by atoms with van der Waals surface area (Å²) in [7, 11) is -0.619. The molecule has 1 saturated heterocycles. The van der Waals surface area contributed by atoms with E-state index in [0.29, 0.717) is 0 Å². The number of rotatable bonds is 1. The molecule has 18 heavy (non-hydrogen) atoms. The van der Waals surface area contributed by atoms with Crippen molar-refractivity contribution in [3.05, 3.63) is 23.4 Å². The molecule has 1 aromatic rings. The van der Waals surface area contributed by atoms with Gasteiger partial charge in [-0.2, -0.15) is 0 Å². The molecule has 1 aromatic heterocycles. The van der Waals surface area contributed by atoms with Crippen molar-refractivity contribution in [1.82, 2.24) is 10.3 Å². The van der Waals surface area contributed by atoms with Gasteiger partial charge in [-0.15, -0.1) is 0 Å². The van der Waals surface area contributed by atoms with Gasteiger partial charge in [-0.1, -0.05) is 6.07 Å². The van der Waals surface area contributed by atoms with Crippen LogP contribution in [0.3, 0.4) is 0 Å². The van der Waals surface area contributed by atoms with Gasteiger partial charge in [0.05, 0.1) is 0 Å². The van der Waals surface area contributed by atoms with Crippen LogP contribution in [0.15, 0.2) is 12.1 Å². The minimum atomic E-state index is -0.619. The molecular formula is C13H19N3OS. The molecule has 0 amide bonds. The monoisotopic (exact) mass is 265 g/mol. The van der Waals surface area contributed by atoms with Gasteiger partial charge in [-0.3, -0.25) is 4.21 Å². The molecule has 0 bridgehead atoms. The molecule has 1 fully saturated rings. The molecule has 4 nitrogen and oxygen atoms in total. The molecule has 3 heterocycles. The summed E-state index contributed by atoms with van der Waals surface area (Å²) in [6.45, 7) is 3.82. The predicted octanol–water partition coefficient (Wildman–Crippen LogP) is 0.338. The minimum Gasteiger partial charge on any atom is -0.355 e. The molecule has 0 unspecified atom stereocenters. The summed E-state index contributed by atoms with van der Waals surface area (Å²) in [4.78, 5) is 7.07. The Morgan fingerprint density at radius 2 is 1.94 bits per heavy atom. The van der Waals surface area contributed by atoms with Crippen molar-refractivity contribution in [1.29, 1.82) is 0 Å². The third-order valence-electron chi connectivity index (χ3n) is 3.67. The van der Waals surface area contributed by atoms with Gasteiger partial charge in [-0.05, 0) is 24.6 Å². The molecule has 0 radical (unpaired) electrons. The zero-order chi connectivity index (χ0) is 12.4. The van der Waals surface area contributed by atoms with Gasteiger partial charge >= 0.3 is 0 Å². The minimum absolute atomic E-state index is 0.619. The van der Waals surface area contributed by atoms with Crippen LogP contribution in [-0.4, -0.2) is 46.9 Å². The van der Waals surface area contributed by atoms with Crippen LogP contribution in [0, 0.1) is 0 Å². The Bertz CT molecular complexity index is 454. The van der Waals surface area contributed by atoms with Crippen molar-refractivity contribution in [3.8, 4) is 0 Å². The number of nitrogens with one attached hydrogen (secondary N) is 1. The topological polar surface area (TPSA) is 45.2 Å². The van der Waals surface area contributed by atoms with Crippen LogP contribution in [0.4, 0.5) is 5.82 Å². The number of aromatic nitrogens is 1. The Hall–Kier alpha value is -0.940. The molecule has 0 aromatic carbocycles. The van der Waals surface area contributed by atoms with Gasteiger partial charge in [0, 0.05) is 54.1 Å². The van der Waals surface area contributed by atoms with Crippen molar-refractivity contribution in [2.24, 2.45) is 0 Å². The Balaban J connectivity index is 1.81. The van der Waals surface area contributed by atoms with E-state index in [4.69, 9.17) is 4.98 Å². The van der Waals surface area contributed by atoms with Crippen LogP contribution in [0.1, 0.15) is 11.3 Å². The van der Waals surface area contributed by atoms with E-state index in [1.807, 2.05) is 0 Å². The van der Waals surface area contributed by atoms with Crippen LogP contribution in [0.2, 0.25) is 0 Å². The molecule has 0 saturated carbocycles. The summed E-state index contributed by atoms with van der Waals surface area (Å²) in [5.74, 6) is 2.62. The second kappa shape index (κ2) is 5.36. The fourth-order valence-corrected chi connectivity index (χ4v) is 3.61. The lowest BCUT2D eigenvalue weighted by Gasteiger charge is -2.28. The highest BCUT2D eigenvalue weighted by Crippen LogP contribution is 2.18. The first-order chi connectivity index (χ1) is 8.83. The first-order valence-corrected chi connectivity index (χ1v) is 8.11. The van der Waals surface area contributed by atoms with E-state index in [-0.39, 0.29) is 0 Å². The Morgan fingerprint density at radius 3 is 2.78 bits per heavy atom. The molecule has 0 spiro atoms. The summed E-state index contributed by atoms with van der Waals surface area (Å²) in [5.41, 5.74) is 2.62. The van der Waals surface area contributed by atoms with E-state index >= 15 is 0 Å². The Kier molecular flexibility index (Phi) is 3.61. The van der Waals surface area contributed by atoms with Crippen molar-refractivity contribution < 1.29 is 4.21 Å². The molecule has 98 valence electrons. The molecule has 0 atom stereocenters. The largest absolute Gasteiger partial charge is 0.355 e. The second-order valence-corrected chi connectivity index (χ2v) is 6.56. The maximum absolute atomic E-state index is 11.4. The SMILES string of the molecule is O=S1CCN(c2ccc3c(n2)CCNCC3)CC1. The van der Waals surface area contributed by atoms with Gasteiger partial charge in [0.15, 0.2) is 0 Å². The maximum Gasteiger partial charge on any atom is 0.128 e. The second-order valence-electron chi connectivity index (χ2n) is 4.86. The first-order valence-electron chi connectivity index (χ1n) is 6.62. The van der Waals surface area contributed by atoms with Crippen LogP contribution < -0.4 is 10.2 Å². The van der Waals surface area contributed by atoms with Gasteiger partial charge in [-0.25, -0.2) is 4.98 Å². The van der Waals surface area contributed by atoms with Gasteiger partial charge in [0.2, 0.25) is 0 Å². The van der Waals surface area contributed by atoms with Crippen LogP contribution in [0.25, 0.3) is 0 Å². The number of anilines is 1. The van der Waals surface area contributed by atoms with Crippen LogP contribution in [0.5, 0.6) is 0 Å². The first kappa shape index (κ1) is 12.1. The summed E-state index contributed by atoms with van der Waals surface area (Å²) in [6, 6.07) is 4.34. The van der Waals surface area contributed by atoms with Crippen molar-refractivity contribution in [2.75, 3.05) is 42.6 Å². The van der Waals surface area contributed by atoms with E-state index in [9.17, 15) is 4.21 Å². The van der Waals surface area contributed by atoms with Crippen LogP contribution in [-0.2, 0) is 23.6 Å². The average molecular weight is 265 g/mol. The molecule has 3 rings (SSSR count). The lowest BCUT2D eigenvalue weighted by atomic mass is 10.1. The third kappa shape index (κ3) is 2.57. The number of pyridine rings is 1. The fraction of sp³-hybridized carbons (Fsp3) is 0.615. The quantitative estimate of drug-likeness (QED) is 0.795. The lowest BCUT2D eigenvalue weighted by molar-refractivity contribution is 0.672. The van der Waals surface area contributed by atoms with Crippen molar-refractivity contribution >= 4 is 16.6 Å². The van der Waals surface area contributed by atoms with Crippen LogP contribution >= 0.6 is 0 Å². The van der Waals surface area contributed by atoms with Gasteiger partial charge in [0.1, 0.15) is 5.82 Å². The van der Waals surface area contributed by atoms with E-state index in [0.717, 1.165) is 56.3 Å². The standard InChI is InChI=1S/C13H19N3OS/c17-18-9-7-16(8-10-18)13-2-1-11-3-5-14-6-4-12(11)15-13/h1-2,14H,3-10H2. The summed E-state index contributed by atoms with van der Waals surface area (Å²) in [6.07, 6.45) is 2.09. The third-order valence-corrected chi connectivity index (χ3v) is 4.94. The van der Waals surface area contributed by atoms with Crippen molar-refractivity contribution in [3.63, 3.8) is 0 Å². The molecule has 2 aliphatic rings. The summed E-state index contributed by atoms with van der Waals surface area (Å²) >= 11 is 0. The smallest absolute Gasteiger partial charge is 0.128 e. The summed E-state index contributed by atoms with van der Waals surface area (Å²) in [5, 5.41) is 3.41. The number of nitrogens with zero attached hydrogens (tertiary/aromatic N) is 2. The number of hydrogen-bond acceptors (Lipinski definition) is 4. The molecule has 0 aliphatic carbocycles. The van der Waals surface area contributed by atoms with Gasteiger partial charge < -0.3 is 10.2 Å². The fourth-order valence-electron chi connectivity index (χ4n) is 2.56. The van der Waals surface area contributed by atoms with Crippen molar-refractivity contribution in [2.45, 2.75) is 12.8 Å². The van der Waals surface area contributed by atoms with Gasteiger partial charge in [0.25, 0.3) is 0 Å². The predicted molar refractivity (Wildman–Crippen MR) is 74.6 cm³/mol. The Labute approximate surface area is 110 Å².